The predicted octanol–water partition coefficient (Wildman–Crippen LogP) is 1.97. The van der Waals surface area contributed by atoms with Gasteiger partial charge in [0.2, 0.25) is 20.1 Å². The molecule has 0 bridgehead atoms. The number of piperidine rings is 1. The van der Waals surface area contributed by atoms with E-state index >= 15 is 0 Å². The van der Waals surface area contributed by atoms with Crippen molar-refractivity contribution in [3.8, 4) is 11.3 Å². The molecule has 162 valence electrons. The smallest absolute Gasteiger partial charge is 0.383 e. The van der Waals surface area contributed by atoms with Gasteiger partial charge in [0.15, 0.2) is 0 Å². The highest BCUT2D eigenvalue weighted by molar-refractivity contribution is 7.88. The van der Waals surface area contributed by atoms with Crippen molar-refractivity contribution in [2.45, 2.75) is 25.1 Å². The number of anilines is 2. The highest BCUT2D eigenvalue weighted by Crippen LogP contribution is 2.36. The van der Waals surface area contributed by atoms with E-state index in [1.54, 1.807) is 0 Å². The van der Waals surface area contributed by atoms with E-state index in [1.807, 2.05) is 4.90 Å². The maximum atomic E-state index is 13.2. The Balaban J connectivity index is 1.58. The average Bonchev–Trinajstić information content (AvgIpc) is 3.21. The fraction of sp³-hybridized carbons (Fsp3) is 0.438. The van der Waals surface area contributed by atoms with E-state index in [0.717, 1.165) is 12.3 Å². The summed E-state index contributed by atoms with van der Waals surface area (Å²) in [5, 5.41) is 5.17. The number of pyridine rings is 1. The van der Waals surface area contributed by atoms with Gasteiger partial charge in [-0.15, -0.1) is 5.10 Å². The van der Waals surface area contributed by atoms with Crippen LogP contribution in [0.15, 0.2) is 18.5 Å². The second-order valence-electron chi connectivity index (χ2n) is 7.03. The van der Waals surface area contributed by atoms with Gasteiger partial charge in [-0.2, -0.15) is 13.2 Å². The van der Waals surface area contributed by atoms with E-state index < -0.39 is 27.6 Å². The number of halogens is 3. The number of hydrogen-bond donors (Lipinski definition) is 2. The molecule has 1 saturated heterocycles. The summed E-state index contributed by atoms with van der Waals surface area (Å²) in [6, 6.07) is 0.810. The van der Waals surface area contributed by atoms with E-state index in [2.05, 4.69) is 19.8 Å². The van der Waals surface area contributed by atoms with Gasteiger partial charge in [-0.3, -0.25) is 0 Å². The van der Waals surface area contributed by atoms with Crippen LogP contribution in [0.1, 0.15) is 18.4 Å². The normalized spacial score (nSPS) is 16.5. The summed E-state index contributed by atoms with van der Waals surface area (Å²) in [5.41, 5.74) is 4.95. The quantitative estimate of drug-likeness (QED) is 0.610. The molecule has 0 aromatic carbocycles. The first kappa shape index (κ1) is 20.8. The second-order valence-corrected chi connectivity index (χ2v) is 9.74. The highest BCUT2D eigenvalue weighted by atomic mass is 32.2. The van der Waals surface area contributed by atoms with Crippen LogP contribution in [0.4, 0.5) is 24.1 Å². The third kappa shape index (κ3) is 4.20. The molecular formula is C16H18F3N7O2S2. The maximum absolute atomic E-state index is 13.2. The first-order chi connectivity index (χ1) is 14.0. The lowest BCUT2D eigenvalue weighted by Crippen LogP contribution is -2.44. The van der Waals surface area contributed by atoms with Crippen molar-refractivity contribution < 1.29 is 21.6 Å². The van der Waals surface area contributed by atoms with Crippen LogP contribution in [0.25, 0.3) is 16.2 Å². The molecule has 0 radical (unpaired) electrons. The Morgan fingerprint density at radius 2 is 1.93 bits per heavy atom. The number of sulfonamides is 1. The van der Waals surface area contributed by atoms with Crippen LogP contribution < -0.4 is 15.4 Å². The van der Waals surface area contributed by atoms with Crippen molar-refractivity contribution in [1.29, 1.82) is 0 Å². The van der Waals surface area contributed by atoms with Crippen LogP contribution in [0.5, 0.6) is 0 Å². The van der Waals surface area contributed by atoms with Crippen LogP contribution in [-0.2, 0) is 16.2 Å². The largest absolute Gasteiger partial charge is 0.419 e. The lowest BCUT2D eigenvalue weighted by Gasteiger charge is -2.31. The molecule has 0 atom stereocenters. The SMILES string of the molecule is CS(=O)(=O)NC1CCN(c2nn3c(-c4cnc(N)c(C(F)(F)F)c4)cnc3s2)CC1. The first-order valence-corrected chi connectivity index (χ1v) is 11.6. The lowest BCUT2D eigenvalue weighted by molar-refractivity contribution is -0.137. The highest BCUT2D eigenvalue weighted by Gasteiger charge is 2.34. The summed E-state index contributed by atoms with van der Waals surface area (Å²) in [7, 11) is -3.26. The Morgan fingerprint density at radius 3 is 2.57 bits per heavy atom. The zero-order chi connectivity index (χ0) is 21.7. The molecule has 3 aromatic rings. The monoisotopic (exact) mass is 461 g/mol. The van der Waals surface area contributed by atoms with E-state index in [1.165, 1.54) is 28.2 Å². The number of hydrogen-bond acceptors (Lipinski definition) is 8. The molecule has 0 amide bonds. The third-order valence-electron chi connectivity index (χ3n) is 4.74. The summed E-state index contributed by atoms with van der Waals surface area (Å²) >= 11 is 1.31. The molecule has 0 aliphatic carbocycles. The Morgan fingerprint density at radius 1 is 1.23 bits per heavy atom. The molecule has 14 heteroatoms. The van der Waals surface area contributed by atoms with Crippen LogP contribution in [0.2, 0.25) is 0 Å². The fourth-order valence-corrected chi connectivity index (χ4v) is 5.11. The molecule has 0 saturated carbocycles. The summed E-state index contributed by atoms with van der Waals surface area (Å²) in [5.74, 6) is -0.587. The summed E-state index contributed by atoms with van der Waals surface area (Å²) in [6.45, 7) is 1.20. The molecule has 1 fully saturated rings. The standard InChI is InChI=1S/C16H18F3N7O2S2/c1-30(27,28)24-10-2-4-25(5-3-10)15-23-26-12(8-22-14(26)29-15)9-6-11(16(17,18)19)13(20)21-7-9/h6-8,10,24H,2-5H2,1H3,(H2,20,21). The van der Waals surface area contributed by atoms with Gasteiger partial charge in [0.05, 0.1) is 23.7 Å². The number of aromatic nitrogens is 4. The number of alkyl halides is 3. The Labute approximate surface area is 173 Å². The van der Waals surface area contributed by atoms with E-state index in [-0.39, 0.29) is 11.6 Å². The molecule has 4 heterocycles. The number of nitrogens with one attached hydrogen (secondary N) is 1. The van der Waals surface area contributed by atoms with Gasteiger partial charge < -0.3 is 10.6 Å². The Kier molecular flexibility index (Phi) is 5.10. The van der Waals surface area contributed by atoms with E-state index in [9.17, 15) is 21.6 Å². The summed E-state index contributed by atoms with van der Waals surface area (Å²) in [4.78, 5) is 10.5. The van der Waals surface area contributed by atoms with E-state index in [0.29, 0.717) is 41.7 Å². The number of nitrogens with zero attached hydrogens (tertiary/aromatic N) is 5. The number of rotatable bonds is 4. The molecule has 30 heavy (non-hydrogen) atoms. The Bertz CT molecular complexity index is 1180. The van der Waals surface area contributed by atoms with Crippen molar-refractivity contribution in [2.75, 3.05) is 30.0 Å². The molecule has 1 aliphatic heterocycles. The third-order valence-corrected chi connectivity index (χ3v) is 6.49. The number of nitrogen functional groups attached to an aromatic ring is 1. The predicted molar refractivity (Wildman–Crippen MR) is 107 cm³/mol. The van der Waals surface area contributed by atoms with Gasteiger partial charge in [0, 0.05) is 30.9 Å². The van der Waals surface area contributed by atoms with Gasteiger partial charge in [-0.05, 0) is 18.9 Å². The number of imidazole rings is 1. The number of nitrogens with two attached hydrogens (primary N) is 1. The summed E-state index contributed by atoms with van der Waals surface area (Å²) in [6.07, 6.45) is 0.465. The molecule has 9 nitrogen and oxygen atoms in total. The molecule has 4 rings (SSSR count). The van der Waals surface area contributed by atoms with Crippen LogP contribution in [0, 0.1) is 0 Å². The second kappa shape index (κ2) is 7.35. The average molecular weight is 461 g/mol. The van der Waals surface area contributed by atoms with Crippen molar-refractivity contribution in [3.05, 3.63) is 24.0 Å². The van der Waals surface area contributed by atoms with Crippen LogP contribution in [0.3, 0.4) is 0 Å². The van der Waals surface area contributed by atoms with Crippen molar-refractivity contribution in [1.82, 2.24) is 24.3 Å². The summed E-state index contributed by atoms with van der Waals surface area (Å²) < 4.78 is 66.3. The zero-order valence-electron chi connectivity index (χ0n) is 15.7. The van der Waals surface area contributed by atoms with E-state index in [4.69, 9.17) is 5.73 Å². The zero-order valence-corrected chi connectivity index (χ0v) is 17.4. The minimum atomic E-state index is -4.62. The first-order valence-electron chi connectivity index (χ1n) is 8.91. The topological polar surface area (TPSA) is 119 Å². The maximum Gasteiger partial charge on any atom is 0.419 e. The molecule has 3 N–H and O–H groups in total. The fourth-order valence-electron chi connectivity index (χ4n) is 3.34. The van der Waals surface area contributed by atoms with Crippen molar-refractivity contribution in [2.24, 2.45) is 0 Å². The van der Waals surface area contributed by atoms with Crippen LogP contribution in [-0.4, -0.2) is 53.4 Å². The van der Waals surface area contributed by atoms with Crippen molar-refractivity contribution in [3.63, 3.8) is 0 Å². The van der Waals surface area contributed by atoms with Gasteiger partial charge in [-0.1, -0.05) is 11.3 Å². The minimum absolute atomic E-state index is 0.127. The van der Waals surface area contributed by atoms with Crippen molar-refractivity contribution >= 4 is 37.3 Å². The minimum Gasteiger partial charge on any atom is -0.383 e. The van der Waals surface area contributed by atoms with Gasteiger partial charge in [0.25, 0.3) is 0 Å². The number of fused-ring (bicyclic) bond motifs is 1. The molecule has 0 spiro atoms. The van der Waals surface area contributed by atoms with Crippen LogP contribution >= 0.6 is 11.3 Å². The van der Waals surface area contributed by atoms with Gasteiger partial charge in [-0.25, -0.2) is 27.6 Å². The molecule has 0 unspecified atom stereocenters. The molecule has 3 aromatic heterocycles. The van der Waals surface area contributed by atoms with Gasteiger partial charge >= 0.3 is 6.18 Å². The van der Waals surface area contributed by atoms with Gasteiger partial charge in [0.1, 0.15) is 5.82 Å². The molecule has 1 aliphatic rings. The Hall–Kier alpha value is -2.45. The lowest BCUT2D eigenvalue weighted by atomic mass is 10.1. The molecular weight excluding hydrogens is 443 g/mol.